The maximum Gasteiger partial charge on any atom is 0.342 e. The van der Waals surface area contributed by atoms with Crippen LogP contribution in [0.1, 0.15) is 0 Å². The van der Waals surface area contributed by atoms with E-state index in [2.05, 4.69) is 5.10 Å². The largest absolute Gasteiger partial charge is 0.369 e. The number of aromatic nitrogens is 3. The third-order valence-corrected chi connectivity index (χ3v) is 2.01. The number of thioether (sulfide) groups is 1. The Morgan fingerprint density at radius 1 is 1.54 bits per heavy atom. The van der Waals surface area contributed by atoms with Gasteiger partial charge < -0.3 is 5.73 Å². The van der Waals surface area contributed by atoms with Crippen molar-refractivity contribution in [3.05, 3.63) is 20.8 Å². The molecule has 13 heavy (non-hydrogen) atoms. The highest BCUT2D eigenvalue weighted by Gasteiger charge is 2.04. The summed E-state index contributed by atoms with van der Waals surface area (Å²) >= 11 is 0.864. The van der Waals surface area contributed by atoms with Gasteiger partial charge in [0, 0.05) is 0 Å². The van der Waals surface area contributed by atoms with E-state index in [0.29, 0.717) is 0 Å². The van der Waals surface area contributed by atoms with Gasteiger partial charge in [-0.15, -0.1) is 0 Å². The summed E-state index contributed by atoms with van der Waals surface area (Å²) in [4.78, 5) is 33.7. The van der Waals surface area contributed by atoms with Crippen LogP contribution in [0, 0.1) is 0 Å². The highest BCUT2D eigenvalue weighted by molar-refractivity contribution is 7.99. The predicted molar refractivity (Wildman–Crippen MR) is 45.4 cm³/mol. The zero-order chi connectivity index (χ0) is 9.84. The van der Waals surface area contributed by atoms with Crippen molar-refractivity contribution in [2.75, 3.05) is 5.75 Å². The molecule has 0 spiro atoms. The van der Waals surface area contributed by atoms with Crippen molar-refractivity contribution in [1.82, 2.24) is 15.2 Å². The zero-order valence-electron chi connectivity index (χ0n) is 6.36. The van der Waals surface area contributed by atoms with Crippen LogP contribution in [0.4, 0.5) is 0 Å². The maximum absolute atomic E-state index is 10.9. The molecule has 8 heteroatoms. The number of hydrogen-bond acceptors (Lipinski definition) is 5. The molecule has 70 valence electrons. The van der Waals surface area contributed by atoms with Gasteiger partial charge in [0.05, 0.1) is 5.75 Å². The highest BCUT2D eigenvalue weighted by atomic mass is 32.2. The Bertz CT molecular complexity index is 422. The Morgan fingerprint density at radius 3 is 2.77 bits per heavy atom. The molecule has 1 rings (SSSR count). The standard InChI is InChI=1S/C5H6N4O3S/c6-2(10)1-13-4-3(11)7-5(12)9-8-4/h1H2,(H2,6,10)(H2,7,9,11,12). The molecule has 0 unspecified atom stereocenters. The molecule has 0 aliphatic carbocycles. The van der Waals surface area contributed by atoms with Crippen molar-refractivity contribution >= 4 is 17.7 Å². The SMILES string of the molecule is NC(=O)CSc1n[nH]c(=O)[nH]c1=O. The number of carbonyl (C=O) groups is 1. The Labute approximate surface area is 75.7 Å². The minimum Gasteiger partial charge on any atom is -0.369 e. The predicted octanol–water partition coefficient (Wildman–Crippen LogP) is -1.96. The summed E-state index contributed by atoms with van der Waals surface area (Å²) in [6.45, 7) is 0. The van der Waals surface area contributed by atoms with Gasteiger partial charge in [0.25, 0.3) is 5.56 Å². The van der Waals surface area contributed by atoms with E-state index in [1.165, 1.54) is 0 Å². The number of rotatable bonds is 3. The van der Waals surface area contributed by atoms with Gasteiger partial charge in [-0.1, -0.05) is 11.8 Å². The lowest BCUT2D eigenvalue weighted by molar-refractivity contribution is -0.115. The number of nitrogens with zero attached hydrogens (tertiary/aromatic N) is 1. The third kappa shape index (κ3) is 2.75. The first-order chi connectivity index (χ1) is 6.09. The molecule has 0 radical (unpaired) electrons. The molecule has 0 aliphatic heterocycles. The van der Waals surface area contributed by atoms with Crippen LogP contribution in [0.15, 0.2) is 14.6 Å². The summed E-state index contributed by atoms with van der Waals surface area (Å²) in [5, 5.41) is 5.47. The molecule has 0 bridgehead atoms. The Kier molecular flexibility index (Phi) is 2.85. The molecule has 0 saturated carbocycles. The lowest BCUT2D eigenvalue weighted by Crippen LogP contribution is -2.25. The van der Waals surface area contributed by atoms with E-state index in [9.17, 15) is 14.4 Å². The van der Waals surface area contributed by atoms with E-state index >= 15 is 0 Å². The van der Waals surface area contributed by atoms with Crippen molar-refractivity contribution in [3.8, 4) is 0 Å². The summed E-state index contributed by atoms with van der Waals surface area (Å²) in [6.07, 6.45) is 0. The van der Waals surface area contributed by atoms with E-state index in [-0.39, 0.29) is 10.8 Å². The molecule has 0 fully saturated rings. The number of primary amides is 1. The molecular formula is C5H6N4O3S. The number of carbonyl (C=O) groups excluding carboxylic acids is 1. The maximum atomic E-state index is 10.9. The first kappa shape index (κ1) is 9.52. The number of nitrogens with one attached hydrogen (secondary N) is 2. The Morgan fingerprint density at radius 2 is 2.23 bits per heavy atom. The Balaban J connectivity index is 2.84. The van der Waals surface area contributed by atoms with Crippen LogP contribution in [-0.4, -0.2) is 26.8 Å². The number of aromatic amines is 2. The molecular weight excluding hydrogens is 196 g/mol. The molecule has 1 amide bonds. The minimum absolute atomic E-state index is 0.0124. The summed E-state index contributed by atoms with van der Waals surface area (Å²) < 4.78 is 0. The van der Waals surface area contributed by atoms with Gasteiger partial charge in [-0.05, 0) is 0 Å². The van der Waals surface area contributed by atoms with Crippen molar-refractivity contribution in [2.45, 2.75) is 5.03 Å². The normalized spacial score (nSPS) is 9.85. The lowest BCUT2D eigenvalue weighted by atomic mass is 10.8. The van der Waals surface area contributed by atoms with Crippen LogP contribution >= 0.6 is 11.8 Å². The third-order valence-electron chi connectivity index (χ3n) is 1.03. The van der Waals surface area contributed by atoms with E-state index in [0.717, 1.165) is 11.8 Å². The molecule has 0 atom stereocenters. The summed E-state index contributed by atoms with van der Waals surface area (Å²) in [7, 11) is 0. The number of H-pyrrole nitrogens is 2. The van der Waals surface area contributed by atoms with E-state index in [1.807, 2.05) is 10.1 Å². The van der Waals surface area contributed by atoms with Crippen LogP contribution in [0.3, 0.4) is 0 Å². The summed E-state index contributed by atoms with van der Waals surface area (Å²) in [5.41, 5.74) is 3.53. The fourth-order valence-corrected chi connectivity index (χ4v) is 1.15. The van der Waals surface area contributed by atoms with Gasteiger partial charge in [-0.3, -0.25) is 14.6 Å². The second kappa shape index (κ2) is 3.90. The molecule has 7 nitrogen and oxygen atoms in total. The first-order valence-electron chi connectivity index (χ1n) is 3.19. The summed E-state index contributed by atoms with van der Waals surface area (Å²) in [6, 6.07) is 0. The average molecular weight is 202 g/mol. The first-order valence-corrected chi connectivity index (χ1v) is 4.18. The quantitative estimate of drug-likeness (QED) is 0.491. The number of amides is 1. The van der Waals surface area contributed by atoms with Crippen molar-refractivity contribution in [2.24, 2.45) is 5.73 Å². The van der Waals surface area contributed by atoms with Crippen LogP contribution < -0.4 is 17.0 Å². The van der Waals surface area contributed by atoms with Gasteiger partial charge in [-0.25, -0.2) is 9.89 Å². The fraction of sp³-hybridized carbons (Fsp3) is 0.200. The molecule has 1 heterocycles. The lowest BCUT2D eigenvalue weighted by Gasteiger charge is -1.93. The summed E-state index contributed by atoms with van der Waals surface area (Å²) in [5.74, 6) is -0.611. The number of hydrogen-bond donors (Lipinski definition) is 3. The average Bonchev–Trinajstić information content (AvgIpc) is 2.02. The molecule has 1 aromatic heterocycles. The topological polar surface area (TPSA) is 122 Å². The van der Waals surface area contributed by atoms with E-state index in [4.69, 9.17) is 5.73 Å². The van der Waals surface area contributed by atoms with E-state index in [1.54, 1.807) is 0 Å². The molecule has 0 saturated heterocycles. The molecule has 4 N–H and O–H groups in total. The van der Waals surface area contributed by atoms with Gasteiger partial charge in [0.2, 0.25) is 5.91 Å². The van der Waals surface area contributed by atoms with Crippen molar-refractivity contribution in [3.63, 3.8) is 0 Å². The Hall–Kier alpha value is -1.57. The van der Waals surface area contributed by atoms with Crippen molar-refractivity contribution in [1.29, 1.82) is 0 Å². The van der Waals surface area contributed by atoms with Gasteiger partial charge in [-0.2, -0.15) is 5.10 Å². The second-order valence-corrected chi connectivity index (χ2v) is 3.03. The van der Waals surface area contributed by atoms with Gasteiger partial charge >= 0.3 is 5.69 Å². The fourth-order valence-electron chi connectivity index (χ4n) is 0.574. The molecule has 1 aromatic rings. The monoisotopic (exact) mass is 202 g/mol. The van der Waals surface area contributed by atoms with Crippen molar-refractivity contribution < 1.29 is 4.79 Å². The van der Waals surface area contributed by atoms with Gasteiger partial charge in [0.15, 0.2) is 5.03 Å². The number of nitrogens with two attached hydrogens (primary N) is 1. The smallest absolute Gasteiger partial charge is 0.342 e. The molecule has 0 aromatic carbocycles. The zero-order valence-corrected chi connectivity index (χ0v) is 7.18. The van der Waals surface area contributed by atoms with Crippen LogP contribution in [-0.2, 0) is 4.79 Å². The minimum atomic E-state index is -0.687. The van der Waals surface area contributed by atoms with Crippen LogP contribution in [0.25, 0.3) is 0 Å². The molecule has 0 aliphatic rings. The van der Waals surface area contributed by atoms with Crippen LogP contribution in [0.2, 0.25) is 0 Å². The van der Waals surface area contributed by atoms with E-state index < -0.39 is 17.2 Å². The highest BCUT2D eigenvalue weighted by Crippen LogP contribution is 2.05. The van der Waals surface area contributed by atoms with Gasteiger partial charge in [0.1, 0.15) is 0 Å². The second-order valence-electron chi connectivity index (χ2n) is 2.07. The van der Waals surface area contributed by atoms with Crippen LogP contribution in [0.5, 0.6) is 0 Å².